The topological polar surface area (TPSA) is 110 Å². The van der Waals surface area contributed by atoms with Crippen LogP contribution in [0.1, 0.15) is 16.1 Å². The average Bonchev–Trinajstić information content (AvgIpc) is 3.57. The summed E-state index contributed by atoms with van der Waals surface area (Å²) in [5.74, 6) is -0.220. The standard InChI is InChI=1S/C28H29N7O2S/c1-34(14-15-37-2)18-21-6-5-9-26-30-16-24(35(21)26)25-17-31-28(38-25)32-20-12-10-19(11-13-20)27(36)33-23-8-4-3-7-22(23)29/h3-13,16-17H,14-15,18,29H2,1-2H3,(H,31,32)(H,33,36). The molecule has 0 atom stereocenters. The zero-order chi connectivity index (χ0) is 26.5. The van der Waals surface area contributed by atoms with Gasteiger partial charge in [0.15, 0.2) is 5.13 Å². The number of benzene rings is 2. The molecular formula is C28H29N7O2S. The molecule has 0 saturated heterocycles. The number of hydrogen-bond acceptors (Lipinski definition) is 8. The number of methoxy groups -OCH3 is 1. The number of rotatable bonds is 10. The Balaban J connectivity index is 1.30. The Kier molecular flexibility index (Phi) is 7.64. The number of carbonyl (C=O) groups is 1. The number of imidazole rings is 1. The molecule has 3 heterocycles. The van der Waals surface area contributed by atoms with Crippen LogP contribution >= 0.6 is 11.3 Å². The molecule has 0 spiro atoms. The van der Waals surface area contributed by atoms with Crippen LogP contribution in [0.5, 0.6) is 0 Å². The van der Waals surface area contributed by atoms with Gasteiger partial charge < -0.3 is 21.1 Å². The summed E-state index contributed by atoms with van der Waals surface area (Å²) in [7, 11) is 3.79. The van der Waals surface area contributed by atoms with E-state index in [0.29, 0.717) is 23.5 Å². The molecule has 0 aliphatic rings. The summed E-state index contributed by atoms with van der Waals surface area (Å²) in [5, 5.41) is 6.93. The van der Waals surface area contributed by atoms with Crippen LogP contribution in [0, 0.1) is 0 Å². The van der Waals surface area contributed by atoms with Gasteiger partial charge in [0, 0.05) is 43.3 Å². The van der Waals surface area contributed by atoms with Gasteiger partial charge in [0.05, 0.1) is 34.7 Å². The number of likely N-dealkylation sites (N-methyl/N-ethyl adjacent to an activating group) is 1. The number of hydrogen-bond donors (Lipinski definition) is 3. The van der Waals surface area contributed by atoms with Gasteiger partial charge in [0.25, 0.3) is 5.91 Å². The molecule has 194 valence electrons. The normalized spacial score (nSPS) is 11.2. The van der Waals surface area contributed by atoms with Crippen LogP contribution < -0.4 is 16.4 Å². The smallest absolute Gasteiger partial charge is 0.255 e. The van der Waals surface area contributed by atoms with Crippen LogP contribution in [0.4, 0.5) is 22.2 Å². The predicted molar refractivity (Wildman–Crippen MR) is 153 cm³/mol. The number of nitrogens with one attached hydrogen (secondary N) is 2. The lowest BCUT2D eigenvalue weighted by molar-refractivity contribution is 0.102. The van der Waals surface area contributed by atoms with Crippen molar-refractivity contribution in [3.8, 4) is 10.6 Å². The first-order valence-electron chi connectivity index (χ1n) is 12.1. The molecule has 0 unspecified atom stereocenters. The molecule has 3 aromatic heterocycles. The number of para-hydroxylation sites is 2. The van der Waals surface area contributed by atoms with Crippen LogP contribution in [-0.4, -0.2) is 52.5 Å². The molecule has 0 bridgehead atoms. The van der Waals surface area contributed by atoms with Gasteiger partial charge in [0.2, 0.25) is 0 Å². The minimum absolute atomic E-state index is 0.220. The van der Waals surface area contributed by atoms with Crippen LogP contribution in [0.2, 0.25) is 0 Å². The van der Waals surface area contributed by atoms with E-state index < -0.39 is 0 Å². The molecule has 5 aromatic rings. The highest BCUT2D eigenvalue weighted by Crippen LogP contribution is 2.32. The molecule has 38 heavy (non-hydrogen) atoms. The number of thiazole rings is 1. The lowest BCUT2D eigenvalue weighted by atomic mass is 10.2. The molecule has 0 aliphatic carbocycles. The lowest BCUT2D eigenvalue weighted by Crippen LogP contribution is -2.23. The van der Waals surface area contributed by atoms with E-state index in [2.05, 4.69) is 43.0 Å². The number of pyridine rings is 1. The second-order valence-corrected chi connectivity index (χ2v) is 9.89. The van der Waals surface area contributed by atoms with Gasteiger partial charge in [-0.25, -0.2) is 9.97 Å². The molecule has 2 aromatic carbocycles. The van der Waals surface area contributed by atoms with E-state index in [1.54, 1.807) is 42.7 Å². The number of nitrogens with two attached hydrogens (primary N) is 1. The number of amides is 1. The highest BCUT2D eigenvalue weighted by Gasteiger charge is 2.14. The van der Waals surface area contributed by atoms with E-state index in [0.717, 1.165) is 45.8 Å². The highest BCUT2D eigenvalue weighted by atomic mass is 32.1. The number of nitrogens with zero attached hydrogens (tertiary/aromatic N) is 4. The maximum Gasteiger partial charge on any atom is 0.255 e. The summed E-state index contributed by atoms with van der Waals surface area (Å²) in [6, 6.07) is 20.6. The molecule has 0 fully saturated rings. The van der Waals surface area contributed by atoms with Crippen molar-refractivity contribution in [3.63, 3.8) is 0 Å². The molecule has 1 amide bonds. The Morgan fingerprint density at radius 1 is 1.05 bits per heavy atom. The van der Waals surface area contributed by atoms with Gasteiger partial charge in [-0.2, -0.15) is 0 Å². The largest absolute Gasteiger partial charge is 0.397 e. The molecule has 4 N–H and O–H groups in total. The van der Waals surface area contributed by atoms with Crippen molar-refractivity contribution in [1.29, 1.82) is 0 Å². The van der Waals surface area contributed by atoms with E-state index in [-0.39, 0.29) is 5.91 Å². The number of nitrogen functional groups attached to an aromatic ring is 1. The van der Waals surface area contributed by atoms with E-state index in [1.807, 2.05) is 48.8 Å². The van der Waals surface area contributed by atoms with Crippen molar-refractivity contribution in [2.45, 2.75) is 6.54 Å². The van der Waals surface area contributed by atoms with Crippen molar-refractivity contribution in [3.05, 3.63) is 90.4 Å². The minimum atomic E-state index is -0.220. The van der Waals surface area contributed by atoms with Crippen molar-refractivity contribution in [2.24, 2.45) is 0 Å². The summed E-state index contributed by atoms with van der Waals surface area (Å²) in [6.45, 7) is 2.29. The Labute approximate surface area is 224 Å². The molecule has 5 rings (SSSR count). The SMILES string of the molecule is COCCN(C)Cc1cccc2ncc(-c3cnc(Nc4ccc(C(=O)Nc5ccccc5N)cc4)s3)n12. The number of fused-ring (bicyclic) bond motifs is 1. The summed E-state index contributed by atoms with van der Waals surface area (Å²) in [5.41, 5.74) is 11.4. The fourth-order valence-electron chi connectivity index (χ4n) is 4.09. The van der Waals surface area contributed by atoms with E-state index in [4.69, 9.17) is 10.5 Å². The van der Waals surface area contributed by atoms with Crippen molar-refractivity contribution in [2.75, 3.05) is 43.7 Å². The Morgan fingerprint density at radius 2 is 1.87 bits per heavy atom. The zero-order valence-corrected chi connectivity index (χ0v) is 22.0. The average molecular weight is 528 g/mol. The van der Waals surface area contributed by atoms with Gasteiger partial charge >= 0.3 is 0 Å². The first-order valence-corrected chi connectivity index (χ1v) is 13.0. The van der Waals surface area contributed by atoms with Crippen molar-refractivity contribution in [1.82, 2.24) is 19.3 Å². The molecule has 9 nitrogen and oxygen atoms in total. The highest BCUT2D eigenvalue weighted by molar-refractivity contribution is 7.18. The maximum absolute atomic E-state index is 12.6. The fraction of sp³-hybridized carbons (Fsp3) is 0.179. The molecule has 0 saturated carbocycles. The Hall–Kier alpha value is -4.25. The summed E-state index contributed by atoms with van der Waals surface area (Å²) in [4.78, 5) is 25.0. The predicted octanol–water partition coefficient (Wildman–Crippen LogP) is 5.11. The molecular weight excluding hydrogens is 498 g/mol. The monoisotopic (exact) mass is 527 g/mol. The van der Waals surface area contributed by atoms with Gasteiger partial charge in [0.1, 0.15) is 5.65 Å². The Morgan fingerprint density at radius 3 is 2.66 bits per heavy atom. The van der Waals surface area contributed by atoms with Crippen LogP contribution in [0.3, 0.4) is 0 Å². The summed E-state index contributed by atoms with van der Waals surface area (Å²) < 4.78 is 7.39. The van der Waals surface area contributed by atoms with E-state index in [1.165, 1.54) is 0 Å². The van der Waals surface area contributed by atoms with Gasteiger partial charge in [-0.1, -0.05) is 29.5 Å². The van der Waals surface area contributed by atoms with Crippen LogP contribution in [-0.2, 0) is 11.3 Å². The number of aromatic nitrogens is 3. The third-order valence-corrected chi connectivity index (χ3v) is 7.02. The Bertz CT molecular complexity index is 1540. The van der Waals surface area contributed by atoms with Gasteiger partial charge in [-0.05, 0) is 55.6 Å². The van der Waals surface area contributed by atoms with Gasteiger partial charge in [-0.15, -0.1) is 0 Å². The minimum Gasteiger partial charge on any atom is -0.397 e. The summed E-state index contributed by atoms with van der Waals surface area (Å²) in [6.07, 6.45) is 3.74. The molecule has 0 aliphatic heterocycles. The summed E-state index contributed by atoms with van der Waals surface area (Å²) >= 11 is 1.55. The van der Waals surface area contributed by atoms with Crippen molar-refractivity contribution < 1.29 is 9.53 Å². The van der Waals surface area contributed by atoms with Crippen molar-refractivity contribution >= 4 is 45.1 Å². The number of carbonyl (C=O) groups excluding carboxylic acids is 1. The second kappa shape index (κ2) is 11.4. The second-order valence-electron chi connectivity index (χ2n) is 8.86. The number of ether oxygens (including phenoxy) is 1. The first kappa shape index (κ1) is 25.4. The molecule has 0 radical (unpaired) electrons. The van der Waals surface area contributed by atoms with E-state index in [9.17, 15) is 4.79 Å². The maximum atomic E-state index is 12.6. The lowest BCUT2D eigenvalue weighted by Gasteiger charge is -2.17. The van der Waals surface area contributed by atoms with Crippen LogP contribution in [0.25, 0.3) is 16.2 Å². The zero-order valence-electron chi connectivity index (χ0n) is 21.2. The van der Waals surface area contributed by atoms with Gasteiger partial charge in [-0.3, -0.25) is 14.1 Å². The molecule has 10 heteroatoms. The fourth-order valence-corrected chi connectivity index (χ4v) is 4.93. The van der Waals surface area contributed by atoms with Crippen LogP contribution in [0.15, 0.2) is 79.1 Å². The van der Waals surface area contributed by atoms with E-state index >= 15 is 0 Å². The third kappa shape index (κ3) is 5.67. The quantitative estimate of drug-likeness (QED) is 0.216. The number of anilines is 4. The third-order valence-electron chi connectivity index (χ3n) is 6.08. The first-order chi connectivity index (χ1) is 18.5.